The van der Waals surface area contributed by atoms with Gasteiger partial charge in [0.25, 0.3) is 0 Å². The first kappa shape index (κ1) is 34.2. The zero-order chi connectivity index (χ0) is 38.9. The maximum Gasteiger partial charge on any atom is 0.164 e. The van der Waals surface area contributed by atoms with Gasteiger partial charge in [0.05, 0.1) is 0 Å². The van der Waals surface area contributed by atoms with Crippen molar-refractivity contribution in [3.63, 3.8) is 0 Å². The number of H-pyrrole nitrogens is 2. The number of aromatic nitrogens is 8. The van der Waals surface area contributed by atoms with Crippen LogP contribution in [0.5, 0.6) is 0 Å². The topological polar surface area (TPSA) is 109 Å². The van der Waals surface area contributed by atoms with Gasteiger partial charge in [-0.1, -0.05) is 123 Å². The second-order valence-electron chi connectivity index (χ2n) is 18.4. The molecule has 8 bridgehead atoms. The number of fused-ring (bicyclic) bond motifs is 21. The van der Waals surface area contributed by atoms with E-state index in [1.165, 1.54) is 16.7 Å². The highest BCUT2D eigenvalue weighted by Gasteiger charge is 2.26. The van der Waals surface area contributed by atoms with E-state index in [-0.39, 0.29) is 16.2 Å². The van der Waals surface area contributed by atoms with E-state index < -0.39 is 0 Å². The van der Waals surface area contributed by atoms with Crippen molar-refractivity contribution in [3.05, 3.63) is 108 Å². The smallest absolute Gasteiger partial charge is 0.164 e. The number of hydrogen-bond acceptors (Lipinski definition) is 6. The molecule has 0 saturated heterocycles. The molecule has 5 heterocycles. The Morgan fingerprint density at radius 3 is 1.12 bits per heavy atom. The predicted molar refractivity (Wildman–Crippen MR) is 230 cm³/mol. The summed E-state index contributed by atoms with van der Waals surface area (Å²) in [6, 6.07) is 32.4. The van der Waals surface area contributed by atoms with Crippen molar-refractivity contribution in [2.24, 2.45) is 0 Å². The average molecular weight is 733 g/mol. The molecule has 2 N–H and O–H groups in total. The molecule has 3 aromatic heterocycles. The molecule has 0 spiro atoms. The van der Waals surface area contributed by atoms with E-state index >= 15 is 0 Å². The first-order valence-electron chi connectivity index (χ1n) is 19.4. The maximum absolute atomic E-state index is 5.33. The second-order valence-corrected chi connectivity index (χ2v) is 18.4. The summed E-state index contributed by atoms with van der Waals surface area (Å²) in [7, 11) is 0. The summed E-state index contributed by atoms with van der Waals surface area (Å²) in [4.78, 5) is 38.9. The fourth-order valence-electron chi connectivity index (χ4n) is 7.88. The Morgan fingerprint density at radius 2 is 0.696 bits per heavy atom. The SMILES string of the molecule is CC(C)(C)c1ccc2c(c1)-c1nc-2nc2[nH]c(nc3nc(nc4[nH]c(n1)c1ccc(C(C)(C)C)cc41)-c1cc4ccccc4cc1-3)c1ccc(C(C)(C)C)cc21. The van der Waals surface area contributed by atoms with Gasteiger partial charge in [-0.05, 0) is 74.0 Å². The number of benzene rings is 5. The molecule has 56 heavy (non-hydrogen) atoms. The van der Waals surface area contributed by atoms with Gasteiger partial charge in [-0.2, -0.15) is 0 Å². The van der Waals surface area contributed by atoms with Gasteiger partial charge < -0.3 is 9.97 Å². The Kier molecular flexibility index (Phi) is 7.10. The van der Waals surface area contributed by atoms with E-state index in [0.717, 1.165) is 54.6 Å². The van der Waals surface area contributed by atoms with Crippen LogP contribution in [0, 0.1) is 0 Å². The van der Waals surface area contributed by atoms with Gasteiger partial charge >= 0.3 is 0 Å². The zero-order valence-corrected chi connectivity index (χ0v) is 33.3. The highest BCUT2D eigenvalue weighted by atomic mass is 15.1. The Bertz CT molecular complexity index is 3140. The summed E-state index contributed by atoms with van der Waals surface area (Å²) in [6.45, 7) is 20.1. The maximum atomic E-state index is 5.33. The van der Waals surface area contributed by atoms with Crippen LogP contribution >= 0.6 is 0 Å². The summed E-state index contributed by atoms with van der Waals surface area (Å²) in [6.07, 6.45) is 0. The predicted octanol–water partition coefficient (Wildman–Crippen LogP) is 11.9. The standard InChI is InChI=1S/C48H44N8/c1-46(2,3)27-14-17-30-35(22-27)43-50-38(30)49-41-33-20-25-12-10-11-13-26(25)21-34(33)42(55-41)56-45-37-24-29(48(7,8)9)16-19-32(37)40(54-45)53-44-36-23-28(47(4,5)6)15-18-31(36)39(51-43)52-44/h10-24H,1-9H3,(H2,49,50,51,52,53,54,55,56). The molecule has 8 nitrogen and oxygen atoms in total. The highest BCUT2D eigenvalue weighted by Crippen LogP contribution is 2.41. The van der Waals surface area contributed by atoms with Gasteiger partial charge in [-0.15, -0.1) is 0 Å². The highest BCUT2D eigenvalue weighted by molar-refractivity contribution is 6.07. The van der Waals surface area contributed by atoms with E-state index in [9.17, 15) is 0 Å². The van der Waals surface area contributed by atoms with E-state index in [2.05, 4.69) is 163 Å². The van der Waals surface area contributed by atoms with Crippen molar-refractivity contribution in [1.29, 1.82) is 0 Å². The van der Waals surface area contributed by atoms with Gasteiger partial charge in [-0.3, -0.25) is 0 Å². The van der Waals surface area contributed by atoms with Crippen LogP contribution in [0.4, 0.5) is 0 Å². The molecule has 2 aliphatic rings. The average Bonchev–Trinajstić information content (AvgIpc) is 3.87. The summed E-state index contributed by atoms with van der Waals surface area (Å²) >= 11 is 0. The first-order valence-corrected chi connectivity index (χ1v) is 19.4. The van der Waals surface area contributed by atoms with E-state index in [4.69, 9.17) is 29.9 Å². The quantitative estimate of drug-likeness (QED) is 0.161. The third-order valence-electron chi connectivity index (χ3n) is 11.3. The molecule has 8 aromatic rings. The number of hydrogen-bond donors (Lipinski definition) is 2. The largest absolute Gasteiger partial charge is 0.324 e. The van der Waals surface area contributed by atoms with Crippen LogP contribution in [0.15, 0.2) is 91.0 Å². The van der Waals surface area contributed by atoms with Crippen molar-refractivity contribution >= 4 is 54.9 Å². The lowest BCUT2D eigenvalue weighted by Crippen LogP contribution is -2.10. The first-order chi connectivity index (χ1) is 26.6. The molecule has 0 saturated carbocycles. The molecular formula is C48H44N8. The fourth-order valence-corrected chi connectivity index (χ4v) is 7.88. The van der Waals surface area contributed by atoms with Gasteiger partial charge in [-0.25, -0.2) is 29.9 Å². The number of rotatable bonds is 0. The molecule has 0 radical (unpaired) electrons. The van der Waals surface area contributed by atoms with E-state index in [1.807, 2.05) is 0 Å². The van der Waals surface area contributed by atoms with Gasteiger partial charge in [0.2, 0.25) is 0 Å². The molecule has 0 atom stereocenters. The fraction of sp³-hybridized carbons (Fsp3) is 0.250. The van der Waals surface area contributed by atoms with Crippen LogP contribution in [0.3, 0.4) is 0 Å². The minimum Gasteiger partial charge on any atom is -0.324 e. The molecule has 276 valence electrons. The minimum atomic E-state index is -0.0709. The Hall–Kier alpha value is -6.28. The Labute approximate surface area is 325 Å². The summed E-state index contributed by atoms with van der Waals surface area (Å²) in [5, 5.41) is 6.10. The third kappa shape index (κ3) is 5.49. The molecule has 0 unspecified atom stereocenters. The number of aromatic amines is 2. The third-order valence-corrected chi connectivity index (χ3v) is 11.3. The number of nitrogens with zero attached hydrogens (tertiary/aromatic N) is 6. The molecule has 8 heteroatoms. The van der Waals surface area contributed by atoms with Crippen LogP contribution in [0.1, 0.15) is 79.0 Å². The summed E-state index contributed by atoms with van der Waals surface area (Å²) in [5.74, 6) is 2.39. The summed E-state index contributed by atoms with van der Waals surface area (Å²) < 4.78 is 0. The molecular weight excluding hydrogens is 689 g/mol. The van der Waals surface area contributed by atoms with Crippen LogP contribution in [-0.4, -0.2) is 39.9 Å². The van der Waals surface area contributed by atoms with Gasteiger partial charge in [0.15, 0.2) is 23.3 Å². The zero-order valence-electron chi connectivity index (χ0n) is 33.3. The van der Waals surface area contributed by atoms with Crippen molar-refractivity contribution in [1.82, 2.24) is 39.9 Å². The van der Waals surface area contributed by atoms with E-state index in [0.29, 0.717) is 45.9 Å². The molecule has 0 aliphatic carbocycles. The lowest BCUT2D eigenvalue weighted by Gasteiger charge is -2.19. The van der Waals surface area contributed by atoms with Crippen molar-refractivity contribution in [3.8, 4) is 45.6 Å². The molecule has 2 aliphatic heterocycles. The normalized spacial score (nSPS) is 13.1. The number of nitrogens with one attached hydrogen (secondary N) is 2. The van der Waals surface area contributed by atoms with Gasteiger partial charge in [0, 0.05) is 43.8 Å². The molecule has 0 fully saturated rings. The molecule has 5 aromatic carbocycles. The van der Waals surface area contributed by atoms with Gasteiger partial charge in [0.1, 0.15) is 22.6 Å². The lowest BCUT2D eigenvalue weighted by atomic mass is 9.85. The van der Waals surface area contributed by atoms with E-state index in [1.54, 1.807) is 0 Å². The van der Waals surface area contributed by atoms with Crippen molar-refractivity contribution in [2.45, 2.75) is 78.6 Å². The molecule has 10 rings (SSSR count). The van der Waals surface area contributed by atoms with Crippen LogP contribution in [0.25, 0.3) is 100 Å². The molecule has 0 amide bonds. The van der Waals surface area contributed by atoms with Crippen molar-refractivity contribution < 1.29 is 0 Å². The van der Waals surface area contributed by atoms with Crippen molar-refractivity contribution in [2.75, 3.05) is 0 Å². The lowest BCUT2D eigenvalue weighted by molar-refractivity contribution is 0.590. The van der Waals surface area contributed by atoms with Crippen LogP contribution < -0.4 is 0 Å². The Balaban J connectivity index is 1.39. The minimum absolute atomic E-state index is 0.0675. The second kappa shape index (κ2) is 11.6. The monoisotopic (exact) mass is 732 g/mol. The Morgan fingerprint density at radius 1 is 0.339 bits per heavy atom. The van der Waals surface area contributed by atoms with Crippen LogP contribution in [0.2, 0.25) is 0 Å². The van der Waals surface area contributed by atoms with Crippen LogP contribution in [-0.2, 0) is 16.2 Å². The summed E-state index contributed by atoms with van der Waals surface area (Å²) in [5.41, 5.74) is 9.90.